The molecule has 0 aliphatic carbocycles. The minimum atomic E-state index is -0.969. The molecule has 0 bridgehead atoms. The number of imidazole rings is 1. The number of aromatic nitrogens is 2. The first kappa shape index (κ1) is 26.0. The van der Waals surface area contributed by atoms with Crippen molar-refractivity contribution in [3.05, 3.63) is 76.1 Å². The van der Waals surface area contributed by atoms with Crippen molar-refractivity contribution < 1.29 is 26.0 Å². The van der Waals surface area contributed by atoms with Gasteiger partial charge in [-0.3, -0.25) is 0 Å². The second kappa shape index (κ2) is 10.5. The third kappa shape index (κ3) is 5.08. The average molecular weight is 396 g/mol. The summed E-state index contributed by atoms with van der Waals surface area (Å²) in [7, 11) is 0. The Kier molecular flexibility index (Phi) is 9.77. The van der Waals surface area contributed by atoms with Gasteiger partial charge >= 0.3 is 35.5 Å². The number of nitrogens with zero attached hydrogens (tertiary/aromatic N) is 1. The van der Waals surface area contributed by atoms with E-state index < -0.39 is 12.1 Å². The number of benzene rings is 2. The van der Waals surface area contributed by atoms with Crippen molar-refractivity contribution in [1.29, 1.82) is 0 Å². The maximum atomic E-state index is 11.2. The Morgan fingerprint density at radius 2 is 1.64 bits per heavy atom. The molecule has 146 valence electrons. The molecule has 3 rings (SSSR count). The van der Waals surface area contributed by atoms with E-state index in [0.29, 0.717) is 0 Å². The second-order valence-corrected chi connectivity index (χ2v) is 6.24. The molecule has 0 radical (unpaired) electrons. The van der Waals surface area contributed by atoms with E-state index in [1.165, 1.54) is 0 Å². The fraction of sp³-hybridized carbons (Fsp3) is 0.200. The van der Waals surface area contributed by atoms with Crippen LogP contribution >= 0.6 is 0 Å². The first-order valence-corrected chi connectivity index (χ1v) is 8.01. The molecule has 0 saturated heterocycles. The Morgan fingerprint density at radius 3 is 2.14 bits per heavy atom. The molecule has 28 heavy (non-hydrogen) atoms. The van der Waals surface area contributed by atoms with Gasteiger partial charge in [-0.1, -0.05) is 12.1 Å². The van der Waals surface area contributed by atoms with E-state index in [1.807, 2.05) is 39.0 Å². The van der Waals surface area contributed by atoms with Crippen LogP contribution in [0.25, 0.3) is 11.4 Å². The number of aromatic carboxylic acids is 1. The number of H-pyrrole nitrogens is 1. The van der Waals surface area contributed by atoms with Crippen LogP contribution in [0.3, 0.4) is 0 Å². The predicted molar refractivity (Wildman–Crippen MR) is 110 cm³/mol. The molecule has 1 atom stereocenters. The number of aromatic amines is 1. The van der Waals surface area contributed by atoms with E-state index in [0.717, 1.165) is 39.2 Å². The summed E-state index contributed by atoms with van der Waals surface area (Å²) in [6, 6.07) is 9.02. The molecular weight excluding hydrogens is 371 g/mol. The molecule has 1 heterocycles. The normalized spacial score (nSPS) is 10.9. The zero-order valence-corrected chi connectivity index (χ0v) is 15.4. The van der Waals surface area contributed by atoms with Crippen molar-refractivity contribution in [3.8, 4) is 11.4 Å². The van der Waals surface area contributed by atoms with Crippen LogP contribution in [0.15, 0.2) is 42.7 Å². The van der Waals surface area contributed by atoms with Gasteiger partial charge in [0, 0.05) is 18.0 Å². The first-order valence-electron chi connectivity index (χ1n) is 8.01. The summed E-state index contributed by atoms with van der Waals surface area (Å²) in [5, 5.41) is 20.2. The number of aryl methyl sites for hydroxylation is 3. The van der Waals surface area contributed by atoms with Crippen LogP contribution in [0.4, 0.5) is 0 Å². The van der Waals surface area contributed by atoms with Gasteiger partial charge in [-0.25, -0.2) is 9.78 Å². The van der Waals surface area contributed by atoms with Crippen LogP contribution < -0.4 is 0 Å². The Balaban J connectivity index is 0.00000243. The van der Waals surface area contributed by atoms with E-state index in [9.17, 15) is 15.0 Å². The van der Waals surface area contributed by atoms with Crippen LogP contribution in [0.5, 0.6) is 0 Å². The van der Waals surface area contributed by atoms with Crippen molar-refractivity contribution in [3.63, 3.8) is 0 Å². The van der Waals surface area contributed by atoms with E-state index in [-0.39, 0.29) is 46.1 Å². The van der Waals surface area contributed by atoms with Gasteiger partial charge in [0.05, 0.1) is 5.56 Å². The molecule has 1 aromatic heterocycles. The van der Waals surface area contributed by atoms with Gasteiger partial charge in [0.2, 0.25) is 0 Å². The molecule has 1 unspecified atom stereocenters. The fourth-order valence-electron chi connectivity index (χ4n) is 3.19. The number of nitrogens with one attached hydrogen (secondary N) is 1. The fourth-order valence-corrected chi connectivity index (χ4v) is 3.19. The SMILES string of the molecule is Cc1ccc(-c2ncc[nH]2)cc1C(O)c1c(C)cc(C(=O)O)cc1C.O.O.[NaH]. The van der Waals surface area contributed by atoms with Crippen LogP contribution in [-0.4, -0.2) is 66.7 Å². The van der Waals surface area contributed by atoms with Crippen molar-refractivity contribution in [2.24, 2.45) is 0 Å². The van der Waals surface area contributed by atoms with E-state index >= 15 is 0 Å². The topological polar surface area (TPSA) is 149 Å². The molecule has 3 aromatic rings. The Bertz CT molecular complexity index is 919. The van der Waals surface area contributed by atoms with Gasteiger partial charge in [-0.05, 0) is 66.8 Å². The number of carboxylic acids is 1. The molecule has 0 aliphatic heterocycles. The quantitative estimate of drug-likeness (QED) is 0.573. The first-order chi connectivity index (χ1) is 11.9. The molecule has 0 amide bonds. The molecule has 0 fully saturated rings. The molecule has 7 nitrogen and oxygen atoms in total. The van der Waals surface area contributed by atoms with Gasteiger partial charge in [-0.15, -0.1) is 0 Å². The summed E-state index contributed by atoms with van der Waals surface area (Å²) in [6.07, 6.45) is 2.60. The molecule has 7 N–H and O–H groups in total. The molecule has 2 aromatic carbocycles. The number of hydrogen-bond acceptors (Lipinski definition) is 3. The molecular formula is C20H25N2NaO5. The summed E-state index contributed by atoms with van der Waals surface area (Å²) in [4.78, 5) is 18.5. The van der Waals surface area contributed by atoms with Gasteiger partial charge in [-0.2, -0.15) is 0 Å². The predicted octanol–water partition coefficient (Wildman–Crippen LogP) is 1.48. The number of carboxylic acid groups (broad SMARTS) is 1. The van der Waals surface area contributed by atoms with Crippen molar-refractivity contribution in [1.82, 2.24) is 9.97 Å². The summed E-state index contributed by atoms with van der Waals surface area (Å²) in [6.45, 7) is 5.59. The van der Waals surface area contributed by atoms with Crippen molar-refractivity contribution in [2.75, 3.05) is 0 Å². The number of rotatable bonds is 4. The van der Waals surface area contributed by atoms with Crippen LogP contribution in [0, 0.1) is 20.8 Å². The number of carbonyl (C=O) groups is 1. The molecule has 0 spiro atoms. The second-order valence-electron chi connectivity index (χ2n) is 6.24. The third-order valence-corrected chi connectivity index (χ3v) is 4.46. The summed E-state index contributed by atoms with van der Waals surface area (Å²) >= 11 is 0. The zero-order chi connectivity index (χ0) is 18.1. The average Bonchev–Trinajstić information content (AvgIpc) is 3.08. The summed E-state index contributed by atoms with van der Waals surface area (Å²) in [5.41, 5.74) is 5.12. The van der Waals surface area contributed by atoms with Gasteiger partial charge in [0.25, 0.3) is 0 Å². The van der Waals surface area contributed by atoms with Crippen LogP contribution in [0.1, 0.15) is 44.3 Å². The van der Waals surface area contributed by atoms with E-state index in [1.54, 1.807) is 24.5 Å². The molecule has 0 aliphatic rings. The van der Waals surface area contributed by atoms with Crippen LogP contribution in [-0.2, 0) is 0 Å². The Hall–Kier alpha value is -2.00. The Labute approximate surface area is 185 Å². The third-order valence-electron chi connectivity index (χ3n) is 4.46. The van der Waals surface area contributed by atoms with Crippen molar-refractivity contribution in [2.45, 2.75) is 26.9 Å². The Morgan fingerprint density at radius 1 is 1.04 bits per heavy atom. The monoisotopic (exact) mass is 396 g/mol. The van der Waals surface area contributed by atoms with Gasteiger partial charge in [0.15, 0.2) is 0 Å². The molecule has 8 heteroatoms. The zero-order valence-electron chi connectivity index (χ0n) is 15.4. The van der Waals surface area contributed by atoms with Gasteiger partial charge in [0.1, 0.15) is 11.9 Å². The van der Waals surface area contributed by atoms with E-state index in [2.05, 4.69) is 9.97 Å². The standard InChI is InChI=1S/C20H20N2O3.Na.2H2O.H/c1-11-4-5-14(19-21-6-7-22-19)10-16(11)18(23)17-12(2)8-15(20(24)25)9-13(17)3;;;;/h4-10,18,23H,1-3H3,(H,21,22)(H,24,25);;2*1H2;. The minimum absolute atomic E-state index is 0. The number of aliphatic hydroxyl groups excluding tert-OH is 1. The van der Waals surface area contributed by atoms with Gasteiger partial charge < -0.3 is 26.1 Å². The number of hydrogen-bond donors (Lipinski definition) is 3. The summed E-state index contributed by atoms with van der Waals surface area (Å²) < 4.78 is 0. The molecule has 0 saturated carbocycles. The maximum absolute atomic E-state index is 11.2. The summed E-state index contributed by atoms with van der Waals surface area (Å²) in [5.74, 6) is -0.230. The van der Waals surface area contributed by atoms with Crippen LogP contribution in [0.2, 0.25) is 0 Å². The van der Waals surface area contributed by atoms with Crippen molar-refractivity contribution >= 4 is 35.5 Å². The number of aliphatic hydroxyl groups is 1. The van der Waals surface area contributed by atoms with E-state index in [4.69, 9.17) is 0 Å².